The molecule has 2 amide bonds. The number of benzene rings is 3. The SMILES string of the molecule is Cc1cc(C)cc(OC(=O)c2ccc(NC3=C(Cl)C(=O)N(c4cccc(C)c4C)C3=O)cc2)c1. The van der Waals surface area contributed by atoms with Crippen molar-refractivity contribution in [3.63, 3.8) is 0 Å². The first-order valence-corrected chi connectivity index (χ1v) is 11.1. The molecule has 172 valence electrons. The van der Waals surface area contributed by atoms with Crippen LogP contribution in [0.25, 0.3) is 0 Å². The molecule has 3 aromatic carbocycles. The largest absolute Gasteiger partial charge is 0.423 e. The minimum atomic E-state index is -0.587. The van der Waals surface area contributed by atoms with Crippen LogP contribution in [0.1, 0.15) is 32.6 Å². The molecule has 0 saturated heterocycles. The Hall–Kier alpha value is -3.90. The maximum Gasteiger partial charge on any atom is 0.343 e. The van der Waals surface area contributed by atoms with Crippen molar-refractivity contribution in [3.8, 4) is 5.75 Å². The Labute approximate surface area is 202 Å². The van der Waals surface area contributed by atoms with Crippen molar-refractivity contribution in [3.05, 3.63) is 99.2 Å². The van der Waals surface area contributed by atoms with Crippen molar-refractivity contribution in [2.75, 3.05) is 10.2 Å². The van der Waals surface area contributed by atoms with Crippen molar-refractivity contribution in [1.82, 2.24) is 0 Å². The lowest BCUT2D eigenvalue weighted by molar-refractivity contribution is -0.120. The summed E-state index contributed by atoms with van der Waals surface area (Å²) < 4.78 is 5.47. The van der Waals surface area contributed by atoms with Crippen LogP contribution in [0.4, 0.5) is 11.4 Å². The molecular weight excluding hydrogens is 452 g/mol. The van der Waals surface area contributed by atoms with Gasteiger partial charge in [0, 0.05) is 5.69 Å². The lowest BCUT2D eigenvalue weighted by Crippen LogP contribution is -2.33. The molecule has 1 aliphatic heterocycles. The lowest BCUT2D eigenvalue weighted by atomic mass is 10.1. The summed E-state index contributed by atoms with van der Waals surface area (Å²) in [6.07, 6.45) is 0. The van der Waals surface area contributed by atoms with E-state index in [1.54, 1.807) is 48.5 Å². The molecule has 0 aromatic heterocycles. The van der Waals surface area contributed by atoms with E-state index >= 15 is 0 Å². The number of hydrogen-bond acceptors (Lipinski definition) is 5. The summed E-state index contributed by atoms with van der Waals surface area (Å²) in [6, 6.07) is 17.4. The number of carbonyl (C=O) groups is 3. The van der Waals surface area contributed by atoms with Crippen LogP contribution in [0.3, 0.4) is 0 Å². The molecule has 7 heteroatoms. The Kier molecular flexibility index (Phi) is 6.26. The average molecular weight is 475 g/mol. The highest BCUT2D eigenvalue weighted by Gasteiger charge is 2.39. The quantitative estimate of drug-likeness (QED) is 0.297. The predicted molar refractivity (Wildman–Crippen MR) is 132 cm³/mol. The van der Waals surface area contributed by atoms with Gasteiger partial charge < -0.3 is 10.1 Å². The Bertz CT molecular complexity index is 1340. The first-order valence-electron chi connectivity index (χ1n) is 10.7. The molecule has 3 aromatic rings. The van der Waals surface area contributed by atoms with Gasteiger partial charge in [0.25, 0.3) is 11.8 Å². The smallest absolute Gasteiger partial charge is 0.343 e. The number of anilines is 2. The monoisotopic (exact) mass is 474 g/mol. The molecule has 1 N–H and O–H groups in total. The van der Waals surface area contributed by atoms with Gasteiger partial charge in [-0.05, 0) is 92.4 Å². The average Bonchev–Trinajstić information content (AvgIpc) is 2.99. The van der Waals surface area contributed by atoms with Gasteiger partial charge in [0.05, 0.1) is 11.3 Å². The number of aryl methyl sites for hydroxylation is 3. The predicted octanol–water partition coefficient (Wildman–Crippen LogP) is 5.58. The standard InChI is InChI=1S/C27H23ClN2O4/c1-15-12-16(2)14-21(13-15)34-27(33)19-8-10-20(11-9-19)29-24-23(28)25(31)30(26(24)32)22-7-5-6-17(3)18(22)4/h5-14,29H,1-4H3. The minimum Gasteiger partial charge on any atom is -0.423 e. The number of halogens is 1. The fourth-order valence-electron chi connectivity index (χ4n) is 3.80. The molecule has 0 atom stereocenters. The molecule has 34 heavy (non-hydrogen) atoms. The summed E-state index contributed by atoms with van der Waals surface area (Å²) in [5, 5.41) is 2.73. The highest BCUT2D eigenvalue weighted by molar-refractivity contribution is 6.53. The molecule has 4 rings (SSSR count). The Morgan fingerprint density at radius 1 is 0.882 bits per heavy atom. The first-order chi connectivity index (χ1) is 16.2. The molecule has 1 aliphatic rings. The molecule has 0 fully saturated rings. The third-order valence-corrected chi connectivity index (χ3v) is 5.99. The molecule has 6 nitrogen and oxygen atoms in total. The molecule has 0 unspecified atom stereocenters. The van der Waals surface area contributed by atoms with E-state index in [1.807, 2.05) is 39.8 Å². The van der Waals surface area contributed by atoms with Gasteiger partial charge in [-0.2, -0.15) is 0 Å². The number of ether oxygens (including phenoxy) is 1. The van der Waals surface area contributed by atoms with Gasteiger partial charge >= 0.3 is 5.97 Å². The minimum absolute atomic E-state index is 0.0156. The second-order valence-electron chi connectivity index (χ2n) is 8.27. The van der Waals surface area contributed by atoms with E-state index in [0.29, 0.717) is 22.7 Å². The van der Waals surface area contributed by atoms with E-state index in [2.05, 4.69) is 5.32 Å². The summed E-state index contributed by atoms with van der Waals surface area (Å²) in [6.45, 7) is 7.62. The summed E-state index contributed by atoms with van der Waals surface area (Å²) in [5.41, 5.74) is 5.10. The Morgan fingerprint density at radius 2 is 1.53 bits per heavy atom. The van der Waals surface area contributed by atoms with Crippen molar-refractivity contribution in [2.45, 2.75) is 27.7 Å². The summed E-state index contributed by atoms with van der Waals surface area (Å²) in [7, 11) is 0. The number of esters is 1. The fraction of sp³-hybridized carbons (Fsp3) is 0.148. The topological polar surface area (TPSA) is 75.7 Å². The van der Waals surface area contributed by atoms with Crippen molar-refractivity contribution >= 4 is 40.8 Å². The van der Waals surface area contributed by atoms with Crippen molar-refractivity contribution < 1.29 is 19.1 Å². The van der Waals surface area contributed by atoms with Crippen LogP contribution >= 0.6 is 11.6 Å². The van der Waals surface area contributed by atoms with E-state index in [9.17, 15) is 14.4 Å². The Balaban J connectivity index is 1.50. The molecule has 0 spiro atoms. The molecule has 0 aliphatic carbocycles. The first kappa shape index (κ1) is 23.3. The number of imide groups is 1. The zero-order valence-corrected chi connectivity index (χ0v) is 20.0. The van der Waals surface area contributed by atoms with E-state index < -0.39 is 17.8 Å². The number of amides is 2. The maximum atomic E-state index is 13.1. The molecule has 0 saturated carbocycles. The van der Waals surface area contributed by atoms with Gasteiger partial charge in [-0.25, -0.2) is 9.69 Å². The second-order valence-corrected chi connectivity index (χ2v) is 8.65. The van der Waals surface area contributed by atoms with Crippen LogP contribution in [-0.4, -0.2) is 17.8 Å². The summed E-state index contributed by atoms with van der Waals surface area (Å²) in [5.74, 6) is -1.15. The zero-order chi connectivity index (χ0) is 24.6. The lowest BCUT2D eigenvalue weighted by Gasteiger charge is -2.18. The van der Waals surface area contributed by atoms with E-state index in [-0.39, 0.29) is 10.7 Å². The fourth-order valence-corrected chi connectivity index (χ4v) is 4.01. The van der Waals surface area contributed by atoms with E-state index in [0.717, 1.165) is 27.2 Å². The molecule has 0 bridgehead atoms. The van der Waals surface area contributed by atoms with Crippen LogP contribution in [0, 0.1) is 27.7 Å². The molecular formula is C27H23ClN2O4. The second kappa shape index (κ2) is 9.15. The number of nitrogens with zero attached hydrogens (tertiary/aromatic N) is 1. The van der Waals surface area contributed by atoms with Crippen molar-refractivity contribution in [2.24, 2.45) is 0 Å². The van der Waals surface area contributed by atoms with Gasteiger partial charge in [0.1, 0.15) is 16.5 Å². The summed E-state index contributed by atoms with van der Waals surface area (Å²) >= 11 is 6.24. The number of hydrogen-bond donors (Lipinski definition) is 1. The van der Waals surface area contributed by atoms with E-state index in [4.69, 9.17) is 16.3 Å². The Morgan fingerprint density at radius 3 is 2.18 bits per heavy atom. The number of rotatable bonds is 5. The normalized spacial score (nSPS) is 13.5. The van der Waals surface area contributed by atoms with Gasteiger partial charge in [-0.3, -0.25) is 9.59 Å². The van der Waals surface area contributed by atoms with Gasteiger partial charge in [-0.1, -0.05) is 29.8 Å². The van der Waals surface area contributed by atoms with Gasteiger partial charge in [-0.15, -0.1) is 0 Å². The van der Waals surface area contributed by atoms with Crippen LogP contribution < -0.4 is 15.0 Å². The highest BCUT2D eigenvalue weighted by atomic mass is 35.5. The highest BCUT2D eigenvalue weighted by Crippen LogP contribution is 2.33. The van der Waals surface area contributed by atoms with Crippen LogP contribution in [0.5, 0.6) is 5.75 Å². The van der Waals surface area contributed by atoms with Gasteiger partial charge in [0.15, 0.2) is 0 Å². The molecule has 1 heterocycles. The van der Waals surface area contributed by atoms with E-state index in [1.165, 1.54) is 0 Å². The van der Waals surface area contributed by atoms with Crippen LogP contribution in [-0.2, 0) is 9.59 Å². The zero-order valence-electron chi connectivity index (χ0n) is 19.2. The van der Waals surface area contributed by atoms with Crippen molar-refractivity contribution in [1.29, 1.82) is 0 Å². The van der Waals surface area contributed by atoms with Crippen LogP contribution in [0.2, 0.25) is 0 Å². The maximum absolute atomic E-state index is 13.1. The summed E-state index contributed by atoms with van der Waals surface area (Å²) in [4.78, 5) is 39.4. The third kappa shape index (κ3) is 4.45. The molecule has 0 radical (unpaired) electrons. The van der Waals surface area contributed by atoms with Crippen LogP contribution in [0.15, 0.2) is 71.4 Å². The van der Waals surface area contributed by atoms with Gasteiger partial charge in [0.2, 0.25) is 0 Å². The number of nitrogens with one attached hydrogen (secondary N) is 1. The third-order valence-electron chi connectivity index (χ3n) is 5.64. The number of carbonyl (C=O) groups excluding carboxylic acids is 3.